The molecule has 0 aliphatic rings. The molecule has 0 saturated carbocycles. The van der Waals surface area contributed by atoms with Crippen molar-refractivity contribution in [1.29, 1.82) is 0 Å². The molecule has 14 heavy (non-hydrogen) atoms. The van der Waals surface area contributed by atoms with E-state index in [1.165, 1.54) is 27.8 Å². The summed E-state index contributed by atoms with van der Waals surface area (Å²) >= 11 is 1.54. The van der Waals surface area contributed by atoms with E-state index in [1.54, 1.807) is 6.07 Å². The van der Waals surface area contributed by atoms with Gasteiger partial charge < -0.3 is 5.32 Å². The number of hydrogen-bond donors (Lipinski definition) is 1. The number of hydrogen-bond acceptors (Lipinski definition) is 2. The number of thiophene rings is 1. The van der Waals surface area contributed by atoms with Gasteiger partial charge in [-0.05, 0) is 31.0 Å². The molecule has 1 nitrogen and oxygen atoms in total. The van der Waals surface area contributed by atoms with Crippen molar-refractivity contribution in [3.05, 3.63) is 34.5 Å². The smallest absolute Gasteiger partial charge is 0.141 e. The van der Waals surface area contributed by atoms with Gasteiger partial charge >= 0.3 is 0 Å². The zero-order valence-corrected chi connectivity index (χ0v) is 9.04. The molecule has 2 aromatic rings. The minimum Gasteiger partial charge on any atom is -0.315 e. The Morgan fingerprint density at radius 1 is 1.43 bits per heavy atom. The highest BCUT2D eigenvalue weighted by Gasteiger charge is 2.10. The maximum atomic E-state index is 13.4. The standard InChI is InChI=1S/C11H12FNS/c1-7-8-4-3-5-9(12)11(8)14-10(7)6-13-2/h3-5,13H,6H2,1-2H3. The Morgan fingerprint density at radius 2 is 2.21 bits per heavy atom. The van der Waals surface area contributed by atoms with Gasteiger partial charge in [0, 0.05) is 11.4 Å². The predicted octanol–water partition coefficient (Wildman–Crippen LogP) is 3.07. The average Bonchev–Trinajstić information content (AvgIpc) is 2.48. The van der Waals surface area contributed by atoms with Gasteiger partial charge in [0.15, 0.2) is 0 Å². The van der Waals surface area contributed by atoms with Gasteiger partial charge in [0.1, 0.15) is 5.82 Å². The van der Waals surface area contributed by atoms with E-state index in [4.69, 9.17) is 0 Å². The predicted molar refractivity (Wildman–Crippen MR) is 59.3 cm³/mol. The van der Waals surface area contributed by atoms with Crippen molar-refractivity contribution in [3.8, 4) is 0 Å². The summed E-state index contributed by atoms with van der Waals surface area (Å²) < 4.78 is 14.2. The largest absolute Gasteiger partial charge is 0.315 e. The lowest BCUT2D eigenvalue weighted by atomic mass is 10.1. The molecule has 0 aliphatic heterocycles. The molecular weight excluding hydrogens is 197 g/mol. The monoisotopic (exact) mass is 209 g/mol. The second-order valence-corrected chi connectivity index (χ2v) is 4.40. The highest BCUT2D eigenvalue weighted by Crippen LogP contribution is 2.32. The molecule has 0 amide bonds. The molecule has 0 radical (unpaired) electrons. The van der Waals surface area contributed by atoms with Crippen molar-refractivity contribution in [2.75, 3.05) is 7.05 Å². The van der Waals surface area contributed by atoms with Crippen LogP contribution in [0.3, 0.4) is 0 Å². The van der Waals surface area contributed by atoms with E-state index < -0.39 is 0 Å². The topological polar surface area (TPSA) is 12.0 Å². The molecule has 3 heteroatoms. The number of halogens is 1. The molecule has 0 fully saturated rings. The summed E-state index contributed by atoms with van der Waals surface area (Å²) in [6, 6.07) is 5.26. The molecule has 2 rings (SSSR count). The molecule has 1 N–H and O–H groups in total. The molecule has 0 aliphatic carbocycles. The van der Waals surface area contributed by atoms with Crippen LogP contribution >= 0.6 is 11.3 Å². The summed E-state index contributed by atoms with van der Waals surface area (Å²) in [5, 5.41) is 4.14. The van der Waals surface area contributed by atoms with Crippen molar-refractivity contribution in [2.45, 2.75) is 13.5 Å². The van der Waals surface area contributed by atoms with Crippen LogP contribution in [0.2, 0.25) is 0 Å². The molecule has 0 spiro atoms. The lowest BCUT2D eigenvalue weighted by Gasteiger charge is -1.96. The maximum absolute atomic E-state index is 13.4. The normalized spacial score (nSPS) is 11.1. The van der Waals surface area contributed by atoms with Gasteiger partial charge in [0.05, 0.1) is 4.70 Å². The molecule has 0 saturated heterocycles. The highest BCUT2D eigenvalue weighted by atomic mass is 32.1. The van der Waals surface area contributed by atoms with E-state index in [0.717, 1.165) is 16.6 Å². The lowest BCUT2D eigenvalue weighted by Crippen LogP contribution is -2.03. The van der Waals surface area contributed by atoms with Gasteiger partial charge in [-0.25, -0.2) is 4.39 Å². The summed E-state index contributed by atoms with van der Waals surface area (Å²) in [6.07, 6.45) is 0. The number of rotatable bonds is 2. The summed E-state index contributed by atoms with van der Waals surface area (Å²) in [5.74, 6) is -0.113. The molecule has 1 heterocycles. The minimum atomic E-state index is -0.113. The number of fused-ring (bicyclic) bond motifs is 1. The van der Waals surface area contributed by atoms with E-state index in [2.05, 4.69) is 5.32 Å². The molecule has 74 valence electrons. The Kier molecular flexibility index (Phi) is 2.52. The van der Waals surface area contributed by atoms with E-state index >= 15 is 0 Å². The van der Waals surface area contributed by atoms with Crippen LogP contribution in [-0.2, 0) is 6.54 Å². The van der Waals surface area contributed by atoms with E-state index in [9.17, 15) is 4.39 Å². The Bertz CT molecular complexity index is 462. The number of nitrogens with one attached hydrogen (secondary N) is 1. The second-order valence-electron chi connectivity index (χ2n) is 3.30. The van der Waals surface area contributed by atoms with Crippen LogP contribution in [0.1, 0.15) is 10.4 Å². The fourth-order valence-electron chi connectivity index (χ4n) is 1.59. The van der Waals surface area contributed by atoms with Crippen molar-refractivity contribution < 1.29 is 4.39 Å². The Morgan fingerprint density at radius 3 is 2.86 bits per heavy atom. The first kappa shape index (κ1) is 9.62. The van der Waals surface area contributed by atoms with Gasteiger partial charge in [0.2, 0.25) is 0 Å². The summed E-state index contributed by atoms with van der Waals surface area (Å²) in [5.41, 5.74) is 1.19. The third-order valence-electron chi connectivity index (χ3n) is 2.35. The molecule has 1 aromatic heterocycles. The van der Waals surface area contributed by atoms with Crippen LogP contribution in [0, 0.1) is 12.7 Å². The number of benzene rings is 1. The third kappa shape index (κ3) is 1.42. The van der Waals surface area contributed by atoms with Crippen molar-refractivity contribution in [1.82, 2.24) is 5.32 Å². The summed E-state index contributed by atoms with van der Waals surface area (Å²) in [4.78, 5) is 1.22. The average molecular weight is 209 g/mol. The van der Waals surface area contributed by atoms with Gasteiger partial charge in [-0.3, -0.25) is 0 Å². The minimum absolute atomic E-state index is 0.113. The van der Waals surface area contributed by atoms with E-state index in [-0.39, 0.29) is 5.82 Å². The maximum Gasteiger partial charge on any atom is 0.141 e. The Balaban J connectivity index is 2.67. The molecule has 0 unspecified atom stereocenters. The first-order chi connectivity index (χ1) is 6.74. The van der Waals surface area contributed by atoms with Gasteiger partial charge in [-0.15, -0.1) is 11.3 Å². The van der Waals surface area contributed by atoms with Crippen molar-refractivity contribution in [3.63, 3.8) is 0 Å². The van der Waals surface area contributed by atoms with Crippen LogP contribution < -0.4 is 5.32 Å². The van der Waals surface area contributed by atoms with E-state index in [0.29, 0.717) is 0 Å². The van der Waals surface area contributed by atoms with Crippen molar-refractivity contribution >= 4 is 21.4 Å². The second kappa shape index (κ2) is 3.67. The summed E-state index contributed by atoms with van der Waals surface area (Å²) in [7, 11) is 1.90. The fraction of sp³-hybridized carbons (Fsp3) is 0.273. The fourth-order valence-corrected chi connectivity index (χ4v) is 2.81. The molecular formula is C11H12FNS. The van der Waals surface area contributed by atoms with E-state index in [1.807, 2.05) is 20.0 Å². The molecule has 0 atom stereocenters. The first-order valence-electron chi connectivity index (χ1n) is 4.55. The van der Waals surface area contributed by atoms with Crippen LogP contribution in [0.25, 0.3) is 10.1 Å². The molecule has 0 bridgehead atoms. The van der Waals surface area contributed by atoms with Gasteiger partial charge in [0.25, 0.3) is 0 Å². The zero-order chi connectivity index (χ0) is 10.1. The Hall–Kier alpha value is -0.930. The summed E-state index contributed by atoms with van der Waals surface area (Å²) in [6.45, 7) is 2.86. The van der Waals surface area contributed by atoms with Gasteiger partial charge in [-0.1, -0.05) is 12.1 Å². The van der Waals surface area contributed by atoms with Crippen LogP contribution in [-0.4, -0.2) is 7.05 Å². The van der Waals surface area contributed by atoms with Gasteiger partial charge in [-0.2, -0.15) is 0 Å². The first-order valence-corrected chi connectivity index (χ1v) is 5.36. The quantitative estimate of drug-likeness (QED) is 0.801. The lowest BCUT2D eigenvalue weighted by molar-refractivity contribution is 0.641. The Labute approximate surface area is 86.6 Å². The SMILES string of the molecule is CNCc1sc2c(F)cccc2c1C. The third-order valence-corrected chi connectivity index (χ3v) is 3.67. The van der Waals surface area contributed by atoms with Crippen LogP contribution in [0.5, 0.6) is 0 Å². The number of aryl methyl sites for hydroxylation is 1. The van der Waals surface area contributed by atoms with Crippen molar-refractivity contribution in [2.24, 2.45) is 0 Å². The van der Waals surface area contributed by atoms with Crippen LogP contribution in [0.4, 0.5) is 4.39 Å². The molecule has 1 aromatic carbocycles. The zero-order valence-electron chi connectivity index (χ0n) is 8.23. The van der Waals surface area contributed by atoms with Crippen LogP contribution in [0.15, 0.2) is 18.2 Å². The highest BCUT2D eigenvalue weighted by molar-refractivity contribution is 7.19.